The van der Waals surface area contributed by atoms with Gasteiger partial charge in [-0.1, -0.05) is 43.2 Å². The summed E-state index contributed by atoms with van der Waals surface area (Å²) in [5.41, 5.74) is 0.839. The van der Waals surface area contributed by atoms with Crippen molar-refractivity contribution < 1.29 is 13.9 Å². The second-order valence-electron chi connectivity index (χ2n) is 7.44. The summed E-state index contributed by atoms with van der Waals surface area (Å²) in [4.78, 5) is 30.6. The number of hydrogen-bond donors (Lipinski definition) is 0. The molecule has 0 radical (unpaired) electrons. The third kappa shape index (κ3) is 4.12. The summed E-state index contributed by atoms with van der Waals surface area (Å²) < 4.78 is 20.6. The third-order valence-electron chi connectivity index (χ3n) is 5.52. The molecule has 156 valence electrons. The van der Waals surface area contributed by atoms with Gasteiger partial charge in [0.1, 0.15) is 0 Å². The van der Waals surface area contributed by atoms with Crippen LogP contribution < -0.4 is 10.3 Å². The minimum Gasteiger partial charge on any atom is -0.494 e. The lowest BCUT2D eigenvalue weighted by Gasteiger charge is -2.26. The summed E-state index contributed by atoms with van der Waals surface area (Å²) >= 11 is 1.24. The fraction of sp³-hybridized carbons (Fsp3) is 0.348. The first-order chi connectivity index (χ1) is 14.6. The number of methoxy groups -OCH3 is 1. The van der Waals surface area contributed by atoms with E-state index < -0.39 is 5.82 Å². The maximum atomic E-state index is 14.0. The van der Waals surface area contributed by atoms with Crippen LogP contribution in [-0.4, -0.2) is 28.2 Å². The van der Waals surface area contributed by atoms with Crippen molar-refractivity contribution >= 4 is 28.4 Å². The summed E-state index contributed by atoms with van der Waals surface area (Å²) in [6.07, 6.45) is 5.21. The molecule has 0 saturated heterocycles. The Kier molecular flexibility index (Phi) is 6.18. The fourth-order valence-corrected chi connectivity index (χ4v) is 4.90. The number of para-hydroxylation sites is 1. The average Bonchev–Trinajstić information content (AvgIpc) is 2.78. The summed E-state index contributed by atoms with van der Waals surface area (Å²) in [6, 6.07) is 11.6. The Balaban J connectivity index is 1.65. The van der Waals surface area contributed by atoms with Gasteiger partial charge in [-0.05, 0) is 43.2 Å². The number of carbonyl (C=O) groups is 1. The highest BCUT2D eigenvalue weighted by Gasteiger charge is 2.22. The average molecular weight is 427 g/mol. The number of aromatic nitrogens is 2. The molecule has 7 heteroatoms. The molecular formula is C23H23FN2O3S. The van der Waals surface area contributed by atoms with Gasteiger partial charge < -0.3 is 4.74 Å². The zero-order valence-electron chi connectivity index (χ0n) is 16.8. The van der Waals surface area contributed by atoms with Crippen LogP contribution in [-0.2, 0) is 0 Å². The Morgan fingerprint density at radius 3 is 2.70 bits per heavy atom. The van der Waals surface area contributed by atoms with Crippen molar-refractivity contribution in [2.45, 2.75) is 43.3 Å². The molecular weight excluding hydrogens is 403 g/mol. The quantitative estimate of drug-likeness (QED) is 0.314. The molecule has 0 amide bonds. The number of rotatable bonds is 6. The molecule has 1 aliphatic rings. The maximum Gasteiger partial charge on any atom is 0.262 e. The first-order valence-corrected chi connectivity index (χ1v) is 11.1. The van der Waals surface area contributed by atoms with Crippen LogP contribution in [0.2, 0.25) is 0 Å². The van der Waals surface area contributed by atoms with Gasteiger partial charge in [-0.3, -0.25) is 14.2 Å². The SMILES string of the molecule is COc1ccc(C(=O)CSc2nc3ccccc3c(=O)n2C2CCCCC2)cc1F. The van der Waals surface area contributed by atoms with Crippen molar-refractivity contribution in [3.8, 4) is 5.75 Å². The Bertz CT molecular complexity index is 1140. The predicted molar refractivity (Wildman–Crippen MR) is 116 cm³/mol. The van der Waals surface area contributed by atoms with Crippen molar-refractivity contribution in [3.05, 3.63) is 64.2 Å². The van der Waals surface area contributed by atoms with Crippen molar-refractivity contribution in [1.82, 2.24) is 9.55 Å². The molecule has 0 aliphatic heterocycles. The topological polar surface area (TPSA) is 61.2 Å². The molecule has 2 aromatic carbocycles. The predicted octanol–water partition coefficient (Wildman–Crippen LogP) is 5.02. The van der Waals surface area contributed by atoms with E-state index in [1.54, 1.807) is 16.7 Å². The molecule has 0 bridgehead atoms. The number of ketones is 1. The highest BCUT2D eigenvalue weighted by Crippen LogP contribution is 2.31. The van der Waals surface area contributed by atoms with E-state index in [1.807, 2.05) is 18.2 Å². The molecule has 3 aromatic rings. The van der Waals surface area contributed by atoms with Crippen LogP contribution in [0.4, 0.5) is 4.39 Å². The molecule has 1 saturated carbocycles. The molecule has 1 fully saturated rings. The van der Waals surface area contributed by atoms with E-state index in [9.17, 15) is 14.0 Å². The van der Waals surface area contributed by atoms with Gasteiger partial charge in [0.15, 0.2) is 22.5 Å². The molecule has 1 aromatic heterocycles. The van der Waals surface area contributed by atoms with E-state index >= 15 is 0 Å². The minimum absolute atomic E-state index is 0.0575. The Morgan fingerprint density at radius 2 is 1.97 bits per heavy atom. The van der Waals surface area contributed by atoms with Gasteiger partial charge in [-0.25, -0.2) is 9.37 Å². The zero-order valence-corrected chi connectivity index (χ0v) is 17.6. The maximum absolute atomic E-state index is 14.0. The Labute approximate surface area is 178 Å². The fourth-order valence-electron chi connectivity index (χ4n) is 3.94. The standard InChI is InChI=1S/C23H23FN2O3S/c1-29-21-12-11-15(13-18(21)24)20(27)14-30-23-25-19-10-6-5-9-17(19)22(28)26(23)16-7-3-2-4-8-16/h5-6,9-13,16H,2-4,7-8,14H2,1H3. The van der Waals surface area contributed by atoms with E-state index in [0.717, 1.165) is 25.7 Å². The molecule has 1 aliphatic carbocycles. The summed E-state index contributed by atoms with van der Waals surface area (Å²) in [6.45, 7) is 0. The number of hydrogen-bond acceptors (Lipinski definition) is 5. The van der Waals surface area contributed by atoms with Gasteiger partial charge >= 0.3 is 0 Å². The van der Waals surface area contributed by atoms with E-state index in [4.69, 9.17) is 9.72 Å². The van der Waals surface area contributed by atoms with Crippen molar-refractivity contribution in [2.24, 2.45) is 0 Å². The van der Waals surface area contributed by atoms with Crippen molar-refractivity contribution in [1.29, 1.82) is 0 Å². The number of benzene rings is 2. The molecule has 0 spiro atoms. The number of ether oxygens (including phenoxy) is 1. The summed E-state index contributed by atoms with van der Waals surface area (Å²) in [5, 5.41) is 1.14. The lowest BCUT2D eigenvalue weighted by Crippen LogP contribution is -2.29. The van der Waals surface area contributed by atoms with Gasteiger partial charge in [0.05, 0.1) is 23.8 Å². The molecule has 5 nitrogen and oxygen atoms in total. The summed E-state index contributed by atoms with van der Waals surface area (Å²) in [7, 11) is 1.38. The van der Waals surface area contributed by atoms with Crippen LogP contribution in [0.15, 0.2) is 52.4 Å². The van der Waals surface area contributed by atoms with Crippen LogP contribution in [0.1, 0.15) is 48.5 Å². The van der Waals surface area contributed by atoms with E-state index in [-0.39, 0.29) is 34.5 Å². The number of nitrogens with zero attached hydrogens (tertiary/aromatic N) is 2. The monoisotopic (exact) mass is 426 g/mol. The Morgan fingerprint density at radius 1 is 1.20 bits per heavy atom. The smallest absolute Gasteiger partial charge is 0.262 e. The van der Waals surface area contributed by atoms with E-state index in [0.29, 0.717) is 16.1 Å². The second kappa shape index (κ2) is 9.00. The normalized spacial score (nSPS) is 14.7. The van der Waals surface area contributed by atoms with Gasteiger partial charge in [0.25, 0.3) is 5.56 Å². The van der Waals surface area contributed by atoms with Crippen LogP contribution in [0, 0.1) is 5.82 Å². The van der Waals surface area contributed by atoms with E-state index in [2.05, 4.69) is 0 Å². The number of carbonyl (C=O) groups excluding carboxylic acids is 1. The lowest BCUT2D eigenvalue weighted by atomic mass is 9.95. The van der Waals surface area contributed by atoms with Crippen LogP contribution in [0.25, 0.3) is 10.9 Å². The zero-order chi connectivity index (χ0) is 21.1. The number of fused-ring (bicyclic) bond motifs is 1. The molecule has 0 atom stereocenters. The molecule has 1 heterocycles. The first-order valence-electron chi connectivity index (χ1n) is 10.1. The highest BCUT2D eigenvalue weighted by atomic mass is 32.2. The molecule has 30 heavy (non-hydrogen) atoms. The van der Waals surface area contributed by atoms with E-state index in [1.165, 1.54) is 37.4 Å². The van der Waals surface area contributed by atoms with Gasteiger partial charge in [-0.2, -0.15) is 0 Å². The third-order valence-corrected chi connectivity index (χ3v) is 6.47. The first kappa shape index (κ1) is 20.6. The second-order valence-corrected chi connectivity index (χ2v) is 8.38. The van der Waals surface area contributed by atoms with Gasteiger partial charge in [-0.15, -0.1) is 0 Å². The lowest BCUT2D eigenvalue weighted by molar-refractivity contribution is 0.102. The van der Waals surface area contributed by atoms with Crippen LogP contribution in [0.3, 0.4) is 0 Å². The molecule has 0 N–H and O–H groups in total. The Hall–Kier alpha value is -2.67. The van der Waals surface area contributed by atoms with Gasteiger partial charge in [0, 0.05) is 11.6 Å². The largest absolute Gasteiger partial charge is 0.494 e. The van der Waals surface area contributed by atoms with Crippen LogP contribution >= 0.6 is 11.8 Å². The minimum atomic E-state index is -0.573. The van der Waals surface area contributed by atoms with Gasteiger partial charge in [0.2, 0.25) is 0 Å². The molecule has 0 unspecified atom stereocenters. The number of halogens is 1. The number of Topliss-reactive ketones (excluding diaryl/α,β-unsaturated/α-hetero) is 1. The molecule has 4 rings (SSSR count). The van der Waals surface area contributed by atoms with Crippen molar-refractivity contribution in [3.63, 3.8) is 0 Å². The van der Waals surface area contributed by atoms with Crippen LogP contribution in [0.5, 0.6) is 5.75 Å². The summed E-state index contributed by atoms with van der Waals surface area (Å²) in [5.74, 6) is -0.625. The van der Waals surface area contributed by atoms with Crippen molar-refractivity contribution in [2.75, 3.05) is 12.9 Å². The highest BCUT2D eigenvalue weighted by molar-refractivity contribution is 7.99. The number of thioether (sulfide) groups is 1.